The van der Waals surface area contributed by atoms with Crippen LogP contribution in [-0.2, 0) is 21.3 Å². The van der Waals surface area contributed by atoms with Gasteiger partial charge in [-0.3, -0.25) is 0 Å². The molecule has 2 aromatic carbocycles. The topological polar surface area (TPSA) is 108 Å². The van der Waals surface area contributed by atoms with Gasteiger partial charge in [0.15, 0.2) is 0 Å². The minimum atomic E-state index is -3.62. The third-order valence-electron chi connectivity index (χ3n) is 5.66. The summed E-state index contributed by atoms with van der Waals surface area (Å²) in [7, 11) is -2.35. The van der Waals surface area contributed by atoms with Crippen LogP contribution in [-0.4, -0.2) is 55.0 Å². The second kappa shape index (κ2) is 10.6. The number of hydrogen-bond donors (Lipinski definition) is 1. The zero-order chi connectivity index (χ0) is 23.6. The van der Waals surface area contributed by atoms with Gasteiger partial charge in [-0.15, -0.1) is 12.4 Å². The molecule has 4 rings (SSSR count). The monoisotopic (exact) mass is 508 g/mol. The maximum atomic E-state index is 14.1. The van der Waals surface area contributed by atoms with E-state index in [0.29, 0.717) is 35.2 Å². The molecule has 3 aromatic rings. The van der Waals surface area contributed by atoms with Gasteiger partial charge in [-0.05, 0) is 48.7 Å². The number of nitrogens with zero attached hydrogens (tertiary/aromatic N) is 3. The number of ether oxygens (including phenoxy) is 1. The molecule has 1 aliphatic heterocycles. The highest BCUT2D eigenvalue weighted by Gasteiger charge is 2.27. The summed E-state index contributed by atoms with van der Waals surface area (Å²) in [4.78, 5) is 16.9. The van der Waals surface area contributed by atoms with Crippen LogP contribution in [0.1, 0.15) is 23.2 Å². The van der Waals surface area contributed by atoms with E-state index in [0.717, 1.165) is 12.8 Å². The number of allylic oxidation sites excluding steroid dienone is 1. The molecule has 8 nitrogen and oxygen atoms in total. The van der Waals surface area contributed by atoms with E-state index in [2.05, 4.69) is 4.98 Å². The van der Waals surface area contributed by atoms with Gasteiger partial charge in [0, 0.05) is 25.2 Å². The van der Waals surface area contributed by atoms with Gasteiger partial charge in [-0.1, -0.05) is 12.1 Å². The van der Waals surface area contributed by atoms with Crippen molar-refractivity contribution >= 4 is 39.4 Å². The molecule has 0 saturated carbocycles. The second-order valence-corrected chi connectivity index (χ2v) is 9.72. The first kappa shape index (κ1) is 25.8. The van der Waals surface area contributed by atoms with Crippen molar-refractivity contribution in [2.75, 3.05) is 26.7 Å². The van der Waals surface area contributed by atoms with Crippen molar-refractivity contribution in [1.29, 1.82) is 0 Å². The molecule has 0 bridgehead atoms. The molecule has 1 saturated heterocycles. The van der Waals surface area contributed by atoms with Crippen molar-refractivity contribution < 1.29 is 22.3 Å². The lowest BCUT2D eigenvalue weighted by Crippen LogP contribution is -2.27. The minimum absolute atomic E-state index is 0. The molecule has 1 aromatic heterocycles. The number of carbonyl (C=O) groups is 1. The summed E-state index contributed by atoms with van der Waals surface area (Å²) >= 11 is 0. The number of hydrogen-bond acceptors (Lipinski definition) is 6. The van der Waals surface area contributed by atoms with Crippen LogP contribution in [0.5, 0.6) is 0 Å². The zero-order valence-electron chi connectivity index (χ0n) is 18.6. The summed E-state index contributed by atoms with van der Waals surface area (Å²) in [5.41, 5.74) is 7.80. The Morgan fingerprint density at radius 1 is 1.24 bits per heavy atom. The summed E-state index contributed by atoms with van der Waals surface area (Å²) in [6.07, 6.45) is 4.42. The predicted molar refractivity (Wildman–Crippen MR) is 130 cm³/mol. The van der Waals surface area contributed by atoms with Crippen molar-refractivity contribution in [3.63, 3.8) is 0 Å². The van der Waals surface area contributed by atoms with E-state index >= 15 is 0 Å². The Bertz CT molecular complexity index is 1330. The molecule has 11 heteroatoms. The number of benzene rings is 2. The molecule has 0 unspecified atom stereocenters. The van der Waals surface area contributed by atoms with Crippen LogP contribution in [0.2, 0.25) is 0 Å². The average molecular weight is 509 g/mol. The molecule has 0 spiro atoms. The largest absolute Gasteiger partial charge is 0.465 e. The molecule has 0 atom stereocenters. The Morgan fingerprint density at radius 2 is 1.97 bits per heavy atom. The lowest BCUT2D eigenvalue weighted by Gasteiger charge is -2.16. The first-order valence-electron chi connectivity index (χ1n) is 10.6. The number of imidazole rings is 1. The number of fused-ring (bicyclic) bond motifs is 1. The van der Waals surface area contributed by atoms with Gasteiger partial charge in [-0.2, -0.15) is 4.31 Å². The first-order chi connectivity index (χ1) is 15.8. The number of sulfonamides is 1. The van der Waals surface area contributed by atoms with Gasteiger partial charge in [0.25, 0.3) is 0 Å². The van der Waals surface area contributed by atoms with Crippen molar-refractivity contribution in [3.05, 3.63) is 60.2 Å². The Balaban J connectivity index is 0.00000324. The molecule has 0 amide bonds. The summed E-state index contributed by atoms with van der Waals surface area (Å²) in [5.74, 6) is -0.995. The van der Waals surface area contributed by atoms with Crippen molar-refractivity contribution in [1.82, 2.24) is 13.9 Å². The Labute approximate surface area is 203 Å². The van der Waals surface area contributed by atoms with Crippen LogP contribution < -0.4 is 5.73 Å². The highest BCUT2D eigenvalue weighted by atomic mass is 35.5. The summed E-state index contributed by atoms with van der Waals surface area (Å²) in [5, 5.41) is 0. The molecular weight excluding hydrogens is 483 g/mol. The van der Waals surface area contributed by atoms with Gasteiger partial charge in [-0.25, -0.2) is 22.6 Å². The van der Waals surface area contributed by atoms with Crippen molar-refractivity contribution in [2.45, 2.75) is 24.3 Å². The Hall–Kier alpha value is -2.79. The molecule has 1 fully saturated rings. The van der Waals surface area contributed by atoms with Gasteiger partial charge < -0.3 is 15.0 Å². The van der Waals surface area contributed by atoms with Crippen molar-refractivity contribution in [3.8, 4) is 11.1 Å². The Kier molecular flexibility index (Phi) is 8.09. The van der Waals surface area contributed by atoms with Gasteiger partial charge in [0.05, 0.1) is 41.5 Å². The number of carbonyl (C=O) groups excluding carboxylic acids is 1. The molecule has 182 valence electrons. The van der Waals surface area contributed by atoms with Gasteiger partial charge >= 0.3 is 5.97 Å². The standard InChI is InChI=1S/C23H25FN4O4S.ClH/c1-32-23(29)17-12-20(22-21(13-17)27(15-26-22)14-18(24)7-8-25)16-5-4-6-19(11-16)33(30,31)28-9-2-3-10-28;/h4-7,11-13,15H,2-3,8-10,14,25H2,1H3;1H. The fourth-order valence-electron chi connectivity index (χ4n) is 4.00. The SMILES string of the molecule is COC(=O)c1cc(-c2cccc(S(=O)(=O)N3CCCC3)c2)c2ncn(CC(F)=CCN)c2c1.Cl. The third kappa shape index (κ3) is 5.00. The fraction of sp³-hybridized carbons (Fsp3) is 0.304. The van der Waals surface area contributed by atoms with E-state index in [1.54, 1.807) is 41.0 Å². The normalized spacial score (nSPS) is 14.9. The Morgan fingerprint density at radius 3 is 2.65 bits per heavy atom. The lowest BCUT2D eigenvalue weighted by molar-refractivity contribution is 0.0601. The maximum Gasteiger partial charge on any atom is 0.337 e. The van der Waals surface area contributed by atoms with Crippen LogP contribution in [0.25, 0.3) is 22.2 Å². The quantitative estimate of drug-likeness (QED) is 0.489. The second-order valence-electron chi connectivity index (χ2n) is 7.78. The number of esters is 1. The molecule has 34 heavy (non-hydrogen) atoms. The summed E-state index contributed by atoms with van der Waals surface area (Å²) in [6, 6.07) is 9.75. The van der Waals surface area contributed by atoms with Crippen LogP contribution in [0.15, 0.2) is 59.5 Å². The molecule has 0 radical (unpaired) electrons. The highest BCUT2D eigenvalue weighted by molar-refractivity contribution is 7.89. The van der Waals surface area contributed by atoms with Crippen LogP contribution in [0.3, 0.4) is 0 Å². The lowest BCUT2D eigenvalue weighted by atomic mass is 10.0. The van der Waals surface area contributed by atoms with E-state index in [4.69, 9.17) is 10.5 Å². The minimum Gasteiger partial charge on any atom is -0.465 e. The van der Waals surface area contributed by atoms with E-state index in [9.17, 15) is 17.6 Å². The fourth-order valence-corrected chi connectivity index (χ4v) is 5.57. The van der Waals surface area contributed by atoms with E-state index < -0.39 is 21.8 Å². The van der Waals surface area contributed by atoms with Crippen LogP contribution >= 0.6 is 12.4 Å². The van der Waals surface area contributed by atoms with Gasteiger partial charge in [0.2, 0.25) is 10.0 Å². The smallest absolute Gasteiger partial charge is 0.337 e. The van der Waals surface area contributed by atoms with Crippen LogP contribution in [0.4, 0.5) is 4.39 Å². The number of aromatic nitrogens is 2. The third-order valence-corrected chi connectivity index (χ3v) is 7.55. The first-order valence-corrected chi connectivity index (χ1v) is 12.0. The number of halogens is 2. The van der Waals surface area contributed by atoms with Crippen molar-refractivity contribution in [2.24, 2.45) is 5.73 Å². The highest BCUT2D eigenvalue weighted by Crippen LogP contribution is 2.32. The van der Waals surface area contributed by atoms with E-state index in [1.807, 2.05) is 0 Å². The zero-order valence-corrected chi connectivity index (χ0v) is 20.2. The number of methoxy groups -OCH3 is 1. The number of rotatable bonds is 7. The molecular formula is C23H26ClFN4O4S. The van der Waals surface area contributed by atoms with E-state index in [1.165, 1.54) is 23.8 Å². The maximum absolute atomic E-state index is 14.1. The summed E-state index contributed by atoms with van der Waals surface area (Å²) in [6.45, 7) is 0.971. The van der Waals surface area contributed by atoms with Crippen LogP contribution in [0, 0.1) is 0 Å². The molecule has 0 aliphatic carbocycles. The van der Waals surface area contributed by atoms with E-state index in [-0.39, 0.29) is 36.0 Å². The average Bonchev–Trinajstić information content (AvgIpc) is 3.49. The molecule has 2 N–H and O–H groups in total. The summed E-state index contributed by atoms with van der Waals surface area (Å²) < 4.78 is 48.2. The van der Waals surface area contributed by atoms with Gasteiger partial charge in [0.1, 0.15) is 5.83 Å². The number of nitrogens with two attached hydrogens (primary N) is 1. The molecule has 1 aliphatic rings. The predicted octanol–water partition coefficient (Wildman–Crippen LogP) is 3.51. The molecule has 2 heterocycles.